The Morgan fingerprint density at radius 3 is 2.19 bits per heavy atom. The molecule has 0 bridgehead atoms. The molecule has 0 saturated heterocycles. The van der Waals surface area contributed by atoms with E-state index in [9.17, 15) is 23.3 Å². The van der Waals surface area contributed by atoms with Crippen molar-refractivity contribution in [3.05, 3.63) is 90.3 Å². The summed E-state index contributed by atoms with van der Waals surface area (Å²) in [6, 6.07) is 13.1. The number of aryl methyl sites for hydroxylation is 1. The third-order valence-electron chi connectivity index (χ3n) is 4.11. The van der Waals surface area contributed by atoms with E-state index in [0.717, 1.165) is 23.4 Å². The molecule has 0 aliphatic heterocycles. The van der Waals surface area contributed by atoms with Crippen LogP contribution in [-0.4, -0.2) is 11.1 Å². The van der Waals surface area contributed by atoms with Gasteiger partial charge in [-0.2, -0.15) is 13.2 Å². The number of rotatable bonds is 5. The second-order valence-electron chi connectivity index (χ2n) is 6.45. The Morgan fingerprint density at radius 1 is 1.03 bits per heavy atom. The zero-order valence-electron chi connectivity index (χ0n) is 15.8. The topological polar surface area (TPSA) is 64.7 Å². The van der Waals surface area contributed by atoms with Crippen molar-refractivity contribution in [3.63, 3.8) is 0 Å². The molecular formula is C21H13Br2F3N2O3. The summed E-state index contributed by atoms with van der Waals surface area (Å²) in [4.78, 5) is 14.7. The maximum absolute atomic E-state index is 12.9. The molecule has 3 rings (SSSR count). The first-order valence-corrected chi connectivity index (χ1v) is 10.3. The van der Waals surface area contributed by atoms with E-state index in [1.165, 1.54) is 0 Å². The van der Waals surface area contributed by atoms with Gasteiger partial charge in [0.1, 0.15) is 0 Å². The Kier molecular flexibility index (Phi) is 6.80. The molecule has 10 heteroatoms. The third-order valence-corrected chi connectivity index (χ3v) is 5.29. The fourth-order valence-corrected chi connectivity index (χ4v) is 3.95. The summed E-state index contributed by atoms with van der Waals surface area (Å²) < 4.78 is 45.1. The second kappa shape index (κ2) is 9.19. The molecule has 0 spiro atoms. The molecule has 0 fully saturated rings. The molecule has 31 heavy (non-hydrogen) atoms. The van der Waals surface area contributed by atoms with Crippen molar-refractivity contribution in [2.24, 2.45) is 4.99 Å². The minimum absolute atomic E-state index is 0.176. The van der Waals surface area contributed by atoms with Crippen LogP contribution in [0.25, 0.3) is 0 Å². The minimum Gasteiger partial charge on any atom is -0.448 e. The highest BCUT2D eigenvalue weighted by Gasteiger charge is 2.33. The van der Waals surface area contributed by atoms with E-state index < -0.39 is 22.4 Å². The van der Waals surface area contributed by atoms with Crippen LogP contribution >= 0.6 is 31.9 Å². The van der Waals surface area contributed by atoms with Gasteiger partial charge in [0, 0.05) is 12.3 Å². The molecule has 0 aromatic heterocycles. The van der Waals surface area contributed by atoms with Crippen LogP contribution in [0.2, 0.25) is 0 Å². The van der Waals surface area contributed by atoms with Crippen LogP contribution in [0.5, 0.6) is 11.5 Å². The van der Waals surface area contributed by atoms with E-state index >= 15 is 0 Å². The molecule has 0 saturated carbocycles. The molecule has 0 N–H and O–H groups in total. The number of hydrogen-bond acceptors (Lipinski definition) is 4. The Balaban J connectivity index is 1.91. The number of aliphatic imine (C=N–C) groups is 1. The van der Waals surface area contributed by atoms with Crippen molar-refractivity contribution < 1.29 is 22.8 Å². The number of ether oxygens (including phenoxy) is 1. The summed E-state index contributed by atoms with van der Waals surface area (Å²) in [6.45, 7) is 1.97. The number of nitro groups is 1. The molecule has 3 aromatic carbocycles. The van der Waals surface area contributed by atoms with Gasteiger partial charge in [0.2, 0.25) is 5.75 Å². The van der Waals surface area contributed by atoms with Crippen LogP contribution in [-0.2, 0) is 6.18 Å². The summed E-state index contributed by atoms with van der Waals surface area (Å²) >= 11 is 6.67. The van der Waals surface area contributed by atoms with E-state index in [4.69, 9.17) is 4.74 Å². The van der Waals surface area contributed by atoms with Crippen LogP contribution < -0.4 is 4.74 Å². The zero-order valence-corrected chi connectivity index (χ0v) is 19.0. The lowest BCUT2D eigenvalue weighted by molar-refractivity contribution is -0.385. The highest BCUT2D eigenvalue weighted by atomic mass is 79.9. The van der Waals surface area contributed by atoms with Gasteiger partial charge >= 0.3 is 11.9 Å². The van der Waals surface area contributed by atoms with Gasteiger partial charge in [0.15, 0.2) is 5.75 Å². The predicted octanol–water partition coefficient (Wildman–Crippen LogP) is 7.99. The van der Waals surface area contributed by atoms with Crippen molar-refractivity contribution in [1.29, 1.82) is 0 Å². The average molecular weight is 558 g/mol. The smallest absolute Gasteiger partial charge is 0.416 e. The Hall–Kier alpha value is -2.72. The third kappa shape index (κ3) is 5.71. The van der Waals surface area contributed by atoms with E-state index in [1.807, 2.05) is 31.2 Å². The lowest BCUT2D eigenvalue weighted by Gasteiger charge is -2.13. The molecule has 0 amide bonds. The van der Waals surface area contributed by atoms with Crippen molar-refractivity contribution in [3.8, 4) is 11.5 Å². The molecule has 0 aliphatic carbocycles. The van der Waals surface area contributed by atoms with Crippen molar-refractivity contribution in [2.75, 3.05) is 0 Å². The van der Waals surface area contributed by atoms with Gasteiger partial charge in [-0.25, -0.2) is 0 Å². The first-order valence-electron chi connectivity index (χ1n) is 8.68. The fourth-order valence-electron chi connectivity index (χ4n) is 2.56. The number of nitro benzene ring substituents is 1. The van der Waals surface area contributed by atoms with Gasteiger partial charge in [-0.1, -0.05) is 17.7 Å². The van der Waals surface area contributed by atoms with Gasteiger partial charge in [0.05, 0.1) is 25.1 Å². The molecule has 3 aromatic rings. The van der Waals surface area contributed by atoms with E-state index in [0.29, 0.717) is 20.6 Å². The van der Waals surface area contributed by atoms with Crippen LogP contribution in [0.15, 0.2) is 68.5 Å². The van der Waals surface area contributed by atoms with Gasteiger partial charge in [-0.05, 0) is 80.7 Å². The fraction of sp³-hybridized carbons (Fsp3) is 0.0952. The molecule has 5 nitrogen and oxygen atoms in total. The number of benzene rings is 3. The average Bonchev–Trinajstić information content (AvgIpc) is 2.69. The maximum atomic E-state index is 12.9. The Morgan fingerprint density at radius 2 is 1.65 bits per heavy atom. The number of nitrogens with zero attached hydrogens (tertiary/aromatic N) is 2. The zero-order chi connectivity index (χ0) is 22.8. The van der Waals surface area contributed by atoms with Crippen LogP contribution in [0.3, 0.4) is 0 Å². The van der Waals surface area contributed by atoms with E-state index in [2.05, 4.69) is 36.9 Å². The van der Waals surface area contributed by atoms with Gasteiger partial charge < -0.3 is 4.74 Å². The van der Waals surface area contributed by atoms with Gasteiger partial charge in [0.25, 0.3) is 0 Å². The minimum atomic E-state index is -4.71. The first kappa shape index (κ1) is 23.0. The standard InChI is InChI=1S/C21H13Br2F3N2O3/c1-12-2-5-15(6-3-12)27-11-13-8-16(22)20(17(23)9-13)31-19-7-4-14(21(24,25)26)10-18(19)28(29)30/h2-11H,1H3. The van der Waals surface area contributed by atoms with Gasteiger partial charge in [-0.15, -0.1) is 0 Å². The summed E-state index contributed by atoms with van der Waals surface area (Å²) in [5.41, 5.74) is 0.654. The molecule has 0 atom stereocenters. The Bertz CT molecular complexity index is 1140. The quantitative estimate of drug-likeness (QED) is 0.181. The first-order chi connectivity index (χ1) is 14.5. The summed E-state index contributed by atoms with van der Waals surface area (Å²) in [5, 5.41) is 11.3. The lowest BCUT2D eigenvalue weighted by Crippen LogP contribution is -2.06. The molecule has 160 valence electrons. The molecule has 0 heterocycles. The van der Waals surface area contributed by atoms with Crippen molar-refractivity contribution >= 4 is 49.4 Å². The largest absolute Gasteiger partial charge is 0.448 e. The van der Waals surface area contributed by atoms with E-state index in [-0.39, 0.29) is 11.5 Å². The van der Waals surface area contributed by atoms with Crippen LogP contribution in [0.4, 0.5) is 24.5 Å². The normalized spacial score (nSPS) is 11.7. The summed E-state index contributed by atoms with van der Waals surface area (Å²) in [6.07, 6.45) is -3.08. The molecular weight excluding hydrogens is 545 g/mol. The second-order valence-corrected chi connectivity index (χ2v) is 8.16. The lowest BCUT2D eigenvalue weighted by atomic mass is 10.2. The molecule has 0 unspecified atom stereocenters. The predicted molar refractivity (Wildman–Crippen MR) is 118 cm³/mol. The van der Waals surface area contributed by atoms with Crippen molar-refractivity contribution in [1.82, 2.24) is 0 Å². The SMILES string of the molecule is Cc1ccc(N=Cc2cc(Br)c(Oc3ccc(C(F)(F)F)cc3[N+](=O)[O-])c(Br)c2)cc1. The van der Waals surface area contributed by atoms with Crippen LogP contribution in [0.1, 0.15) is 16.7 Å². The van der Waals surface area contributed by atoms with E-state index in [1.54, 1.807) is 18.3 Å². The highest BCUT2D eigenvalue weighted by molar-refractivity contribution is 9.11. The maximum Gasteiger partial charge on any atom is 0.416 e. The molecule has 0 radical (unpaired) electrons. The van der Waals surface area contributed by atoms with Crippen LogP contribution in [0, 0.1) is 17.0 Å². The van der Waals surface area contributed by atoms with Crippen molar-refractivity contribution in [2.45, 2.75) is 13.1 Å². The number of alkyl halides is 3. The van der Waals surface area contributed by atoms with Gasteiger partial charge in [-0.3, -0.25) is 15.1 Å². The number of halogens is 5. The summed E-state index contributed by atoms with van der Waals surface area (Å²) in [7, 11) is 0. The Labute approximate surface area is 192 Å². The monoisotopic (exact) mass is 556 g/mol. The highest BCUT2D eigenvalue weighted by Crippen LogP contribution is 2.42. The summed E-state index contributed by atoms with van der Waals surface area (Å²) in [5.74, 6) is -0.143. The molecule has 0 aliphatic rings. The number of hydrogen-bond donors (Lipinski definition) is 0.